The zero-order valence-electron chi connectivity index (χ0n) is 11.3. The molecule has 0 bridgehead atoms. The van der Waals surface area contributed by atoms with Crippen LogP contribution in [0.5, 0.6) is 0 Å². The smallest absolute Gasteiger partial charge is 0.182 e. The van der Waals surface area contributed by atoms with Gasteiger partial charge in [0.05, 0.1) is 10.6 Å². The third-order valence-corrected chi connectivity index (χ3v) is 4.84. The first-order valence-corrected chi connectivity index (χ1v) is 7.73. The maximum Gasteiger partial charge on any atom is 0.182 e. The van der Waals surface area contributed by atoms with Gasteiger partial charge in [-0.05, 0) is 43.2 Å². The highest BCUT2D eigenvalue weighted by Crippen LogP contribution is 2.20. The fourth-order valence-electron chi connectivity index (χ4n) is 1.85. The first-order valence-electron chi connectivity index (χ1n) is 6.08. The Balaban J connectivity index is 2.41. The maximum absolute atomic E-state index is 12.4. The van der Waals surface area contributed by atoms with E-state index in [1.54, 1.807) is 30.3 Å². The molecule has 4 nitrogen and oxygen atoms in total. The minimum absolute atomic E-state index is 0.153. The van der Waals surface area contributed by atoms with Crippen LogP contribution in [0.15, 0.2) is 41.4 Å². The molecule has 1 aromatic carbocycles. The Bertz CT molecular complexity index is 790. The van der Waals surface area contributed by atoms with Crippen molar-refractivity contribution in [3.8, 4) is 6.07 Å². The molecule has 0 radical (unpaired) electrons. The highest BCUT2D eigenvalue weighted by molar-refractivity contribution is 7.90. The van der Waals surface area contributed by atoms with E-state index in [9.17, 15) is 8.42 Å². The SMILES string of the molecule is Cc1ccc(S(=O)(=O)Cc2cccnc2C#N)cc1C. The van der Waals surface area contributed by atoms with Gasteiger partial charge in [0.25, 0.3) is 0 Å². The topological polar surface area (TPSA) is 70.8 Å². The number of aromatic nitrogens is 1. The van der Waals surface area contributed by atoms with Gasteiger partial charge in [-0.15, -0.1) is 0 Å². The van der Waals surface area contributed by atoms with Crippen molar-refractivity contribution >= 4 is 9.84 Å². The first-order chi connectivity index (χ1) is 9.44. The summed E-state index contributed by atoms with van der Waals surface area (Å²) in [7, 11) is -3.48. The van der Waals surface area contributed by atoms with Crippen LogP contribution < -0.4 is 0 Å². The highest BCUT2D eigenvalue weighted by Gasteiger charge is 2.18. The summed E-state index contributed by atoms with van der Waals surface area (Å²) >= 11 is 0. The number of pyridine rings is 1. The van der Waals surface area contributed by atoms with Gasteiger partial charge in [-0.25, -0.2) is 13.4 Å². The van der Waals surface area contributed by atoms with E-state index in [-0.39, 0.29) is 16.3 Å². The third-order valence-electron chi connectivity index (χ3n) is 3.18. The number of rotatable bonds is 3. The molecule has 2 rings (SSSR count). The lowest BCUT2D eigenvalue weighted by atomic mass is 10.1. The van der Waals surface area contributed by atoms with Crippen LogP contribution in [0.25, 0.3) is 0 Å². The first kappa shape index (κ1) is 14.2. The Morgan fingerprint density at radius 1 is 1.20 bits per heavy atom. The molecule has 0 atom stereocenters. The molecule has 0 spiro atoms. The number of nitrogens with zero attached hydrogens (tertiary/aromatic N) is 2. The van der Waals surface area contributed by atoms with E-state index in [1.165, 1.54) is 6.20 Å². The second kappa shape index (κ2) is 5.43. The average Bonchev–Trinajstić information content (AvgIpc) is 2.42. The van der Waals surface area contributed by atoms with Crippen molar-refractivity contribution in [3.05, 3.63) is 58.9 Å². The summed E-state index contributed by atoms with van der Waals surface area (Å²) in [5.41, 5.74) is 2.55. The van der Waals surface area contributed by atoms with Crippen molar-refractivity contribution < 1.29 is 8.42 Å². The molecular formula is C15H14N2O2S. The second-order valence-corrected chi connectivity index (χ2v) is 6.62. The van der Waals surface area contributed by atoms with E-state index in [0.717, 1.165) is 11.1 Å². The van der Waals surface area contributed by atoms with E-state index in [2.05, 4.69) is 4.98 Å². The van der Waals surface area contributed by atoms with Crippen LogP contribution in [0.2, 0.25) is 0 Å². The summed E-state index contributed by atoms with van der Waals surface area (Å²) < 4.78 is 24.8. The number of nitriles is 1. The summed E-state index contributed by atoms with van der Waals surface area (Å²) in [6.45, 7) is 3.81. The molecule has 102 valence electrons. The summed E-state index contributed by atoms with van der Waals surface area (Å²) in [6.07, 6.45) is 1.48. The van der Waals surface area contributed by atoms with Crippen molar-refractivity contribution in [2.45, 2.75) is 24.5 Å². The fourth-order valence-corrected chi connectivity index (χ4v) is 3.29. The molecule has 0 amide bonds. The molecule has 0 aliphatic carbocycles. The fraction of sp³-hybridized carbons (Fsp3) is 0.200. The quantitative estimate of drug-likeness (QED) is 0.869. The molecule has 1 aromatic heterocycles. The third kappa shape index (κ3) is 2.86. The van der Waals surface area contributed by atoms with Crippen molar-refractivity contribution in [1.29, 1.82) is 5.26 Å². The summed E-state index contributed by atoms with van der Waals surface area (Å²) in [4.78, 5) is 4.15. The molecule has 0 aliphatic rings. The molecule has 0 saturated carbocycles. The van der Waals surface area contributed by atoms with Gasteiger partial charge in [0.15, 0.2) is 9.84 Å². The van der Waals surface area contributed by atoms with E-state index in [4.69, 9.17) is 5.26 Å². The second-order valence-electron chi connectivity index (χ2n) is 4.63. The number of hydrogen-bond donors (Lipinski definition) is 0. The lowest BCUT2D eigenvalue weighted by molar-refractivity contribution is 0.595. The normalized spacial score (nSPS) is 11.1. The van der Waals surface area contributed by atoms with Crippen LogP contribution in [-0.4, -0.2) is 13.4 Å². The van der Waals surface area contributed by atoms with E-state index < -0.39 is 9.84 Å². The van der Waals surface area contributed by atoms with Gasteiger partial charge in [-0.1, -0.05) is 12.1 Å². The lowest BCUT2D eigenvalue weighted by Crippen LogP contribution is -2.07. The van der Waals surface area contributed by atoms with Crippen molar-refractivity contribution in [2.75, 3.05) is 0 Å². The predicted octanol–water partition coefficient (Wildman–Crippen LogP) is 2.54. The Labute approximate surface area is 118 Å². The van der Waals surface area contributed by atoms with E-state index in [0.29, 0.717) is 5.56 Å². The maximum atomic E-state index is 12.4. The van der Waals surface area contributed by atoms with Gasteiger partial charge in [-0.2, -0.15) is 5.26 Å². The van der Waals surface area contributed by atoms with Gasteiger partial charge in [0, 0.05) is 11.8 Å². The van der Waals surface area contributed by atoms with Crippen LogP contribution in [0.3, 0.4) is 0 Å². The molecule has 20 heavy (non-hydrogen) atoms. The van der Waals surface area contributed by atoms with Gasteiger partial charge in [0.2, 0.25) is 0 Å². The van der Waals surface area contributed by atoms with Crippen LogP contribution in [0, 0.1) is 25.2 Å². The summed E-state index contributed by atoms with van der Waals surface area (Å²) in [5.74, 6) is -0.216. The number of benzene rings is 1. The zero-order chi connectivity index (χ0) is 14.8. The standard InChI is InChI=1S/C15H14N2O2S/c1-11-5-6-14(8-12(11)2)20(18,19)10-13-4-3-7-17-15(13)9-16/h3-8H,10H2,1-2H3. The predicted molar refractivity (Wildman–Crippen MR) is 75.8 cm³/mol. The van der Waals surface area contributed by atoms with Crippen LogP contribution >= 0.6 is 0 Å². The van der Waals surface area contributed by atoms with Gasteiger partial charge in [-0.3, -0.25) is 0 Å². The Kier molecular flexibility index (Phi) is 3.86. The molecule has 0 saturated heterocycles. The molecule has 0 fully saturated rings. The number of hydrogen-bond acceptors (Lipinski definition) is 4. The lowest BCUT2D eigenvalue weighted by Gasteiger charge is -2.08. The minimum Gasteiger partial charge on any atom is -0.245 e. The van der Waals surface area contributed by atoms with Crippen molar-refractivity contribution in [1.82, 2.24) is 4.98 Å². The monoisotopic (exact) mass is 286 g/mol. The van der Waals surface area contributed by atoms with Crippen LogP contribution in [0.1, 0.15) is 22.4 Å². The van der Waals surface area contributed by atoms with Gasteiger partial charge < -0.3 is 0 Å². The largest absolute Gasteiger partial charge is 0.245 e. The molecule has 0 unspecified atom stereocenters. The molecular weight excluding hydrogens is 272 g/mol. The van der Waals surface area contributed by atoms with Crippen molar-refractivity contribution in [2.24, 2.45) is 0 Å². The molecule has 0 aliphatic heterocycles. The van der Waals surface area contributed by atoms with Gasteiger partial charge in [0.1, 0.15) is 11.8 Å². The molecule has 1 heterocycles. The number of sulfone groups is 1. The Morgan fingerprint density at radius 2 is 1.95 bits per heavy atom. The Morgan fingerprint density at radius 3 is 2.60 bits per heavy atom. The molecule has 5 heteroatoms. The number of aryl methyl sites for hydroxylation is 2. The summed E-state index contributed by atoms with van der Waals surface area (Å²) in [5, 5.41) is 8.96. The van der Waals surface area contributed by atoms with E-state index in [1.807, 2.05) is 19.9 Å². The molecule has 2 aromatic rings. The van der Waals surface area contributed by atoms with Crippen LogP contribution in [-0.2, 0) is 15.6 Å². The van der Waals surface area contributed by atoms with Crippen molar-refractivity contribution in [3.63, 3.8) is 0 Å². The average molecular weight is 286 g/mol. The van der Waals surface area contributed by atoms with Crippen LogP contribution in [0.4, 0.5) is 0 Å². The Hall–Kier alpha value is -2.19. The summed E-state index contributed by atoms with van der Waals surface area (Å²) in [6, 6.07) is 10.2. The zero-order valence-corrected chi connectivity index (χ0v) is 12.1. The minimum atomic E-state index is -3.48. The molecule has 0 N–H and O–H groups in total. The van der Waals surface area contributed by atoms with Gasteiger partial charge >= 0.3 is 0 Å². The highest BCUT2D eigenvalue weighted by atomic mass is 32.2. The van der Waals surface area contributed by atoms with E-state index >= 15 is 0 Å².